The van der Waals surface area contributed by atoms with E-state index in [0.29, 0.717) is 0 Å². The summed E-state index contributed by atoms with van der Waals surface area (Å²) < 4.78 is 38.0. The van der Waals surface area contributed by atoms with Crippen molar-refractivity contribution in [3.8, 4) is 0 Å². The highest BCUT2D eigenvalue weighted by molar-refractivity contribution is 6.31. The van der Waals surface area contributed by atoms with Crippen LogP contribution in [0, 0.1) is 5.92 Å². The Balaban J connectivity index is 3.32. The molecule has 0 radical (unpaired) electrons. The van der Waals surface area contributed by atoms with Gasteiger partial charge in [0.2, 0.25) is 0 Å². The van der Waals surface area contributed by atoms with Gasteiger partial charge in [0.15, 0.2) is 0 Å². The average molecular weight is 267 g/mol. The van der Waals surface area contributed by atoms with Crippen LogP contribution in [-0.2, 0) is 11.8 Å². The topological polar surface area (TPSA) is 20.2 Å². The van der Waals surface area contributed by atoms with Gasteiger partial charge in [-0.15, -0.1) is 0 Å². The summed E-state index contributed by atoms with van der Waals surface area (Å²) in [6.45, 7) is 4.96. The predicted octanol–water partition coefficient (Wildman–Crippen LogP) is 4.22. The monoisotopic (exact) mass is 266 g/mol. The van der Waals surface area contributed by atoms with Crippen LogP contribution in [0.2, 0.25) is 5.02 Å². The van der Waals surface area contributed by atoms with Gasteiger partial charge >= 0.3 is 6.18 Å². The molecule has 1 unspecified atom stereocenters. The number of rotatable bonds is 2. The normalized spacial score (nSPS) is 16.1. The standard InChI is InChI=1S/C12H14ClF3O/c1-7(2)11(3,17)8-4-5-10(13)9(6-8)12(14,15)16/h4-7,17H,1-3H3. The largest absolute Gasteiger partial charge is 0.417 e. The fourth-order valence-electron chi connectivity index (χ4n) is 1.39. The first-order valence-electron chi connectivity index (χ1n) is 5.16. The average Bonchev–Trinajstić information content (AvgIpc) is 2.15. The minimum atomic E-state index is -4.51. The Bertz CT molecular complexity index is 411. The number of alkyl halides is 3. The van der Waals surface area contributed by atoms with Gasteiger partial charge < -0.3 is 5.11 Å². The number of hydrogen-bond acceptors (Lipinski definition) is 1. The highest BCUT2D eigenvalue weighted by Crippen LogP contribution is 2.38. The zero-order valence-electron chi connectivity index (χ0n) is 9.77. The van der Waals surface area contributed by atoms with Crippen LogP contribution in [0.3, 0.4) is 0 Å². The van der Waals surface area contributed by atoms with E-state index in [2.05, 4.69) is 0 Å². The summed E-state index contributed by atoms with van der Waals surface area (Å²) >= 11 is 5.51. The third kappa shape index (κ3) is 2.93. The number of aliphatic hydroxyl groups is 1. The molecule has 0 saturated heterocycles. The molecule has 0 aliphatic carbocycles. The van der Waals surface area contributed by atoms with Gasteiger partial charge in [0.25, 0.3) is 0 Å². The fourth-order valence-corrected chi connectivity index (χ4v) is 1.62. The molecule has 0 aliphatic rings. The van der Waals surface area contributed by atoms with Gasteiger partial charge in [0.05, 0.1) is 16.2 Å². The van der Waals surface area contributed by atoms with Gasteiger partial charge in [-0.05, 0) is 30.5 Å². The Labute approximate surface area is 103 Å². The van der Waals surface area contributed by atoms with Crippen molar-refractivity contribution in [2.75, 3.05) is 0 Å². The molecule has 96 valence electrons. The first kappa shape index (κ1) is 14.3. The van der Waals surface area contributed by atoms with Gasteiger partial charge in [-0.25, -0.2) is 0 Å². The number of halogens is 4. The lowest BCUT2D eigenvalue weighted by atomic mass is 9.84. The van der Waals surface area contributed by atoms with E-state index in [0.717, 1.165) is 12.1 Å². The van der Waals surface area contributed by atoms with Crippen LogP contribution < -0.4 is 0 Å². The van der Waals surface area contributed by atoms with Crippen molar-refractivity contribution in [2.45, 2.75) is 32.5 Å². The molecule has 0 spiro atoms. The molecule has 0 fully saturated rings. The molecule has 0 bridgehead atoms. The highest BCUT2D eigenvalue weighted by atomic mass is 35.5. The van der Waals surface area contributed by atoms with E-state index in [1.54, 1.807) is 13.8 Å². The first-order valence-corrected chi connectivity index (χ1v) is 5.54. The molecule has 1 atom stereocenters. The van der Waals surface area contributed by atoms with Crippen LogP contribution >= 0.6 is 11.6 Å². The van der Waals surface area contributed by atoms with Gasteiger partial charge in [0, 0.05) is 0 Å². The van der Waals surface area contributed by atoms with E-state index in [1.165, 1.54) is 13.0 Å². The van der Waals surface area contributed by atoms with Crippen LogP contribution in [0.25, 0.3) is 0 Å². The Morgan fingerprint density at radius 3 is 2.18 bits per heavy atom. The van der Waals surface area contributed by atoms with Gasteiger partial charge in [0.1, 0.15) is 0 Å². The van der Waals surface area contributed by atoms with Gasteiger partial charge in [-0.2, -0.15) is 13.2 Å². The molecular formula is C12H14ClF3O. The predicted molar refractivity (Wildman–Crippen MR) is 60.9 cm³/mol. The molecule has 1 aromatic carbocycles. The van der Waals surface area contributed by atoms with Crippen LogP contribution in [0.1, 0.15) is 31.9 Å². The number of hydrogen-bond donors (Lipinski definition) is 1. The van der Waals surface area contributed by atoms with Crippen LogP contribution in [0.4, 0.5) is 13.2 Å². The van der Waals surface area contributed by atoms with Crippen LogP contribution in [-0.4, -0.2) is 5.11 Å². The van der Waals surface area contributed by atoms with Gasteiger partial charge in [-0.1, -0.05) is 31.5 Å². The molecule has 0 aromatic heterocycles. The molecule has 0 aliphatic heterocycles. The minimum absolute atomic E-state index is 0.204. The Hall–Kier alpha value is -0.740. The third-order valence-electron chi connectivity index (χ3n) is 2.98. The summed E-state index contributed by atoms with van der Waals surface area (Å²) in [5.41, 5.74) is -2.02. The summed E-state index contributed by atoms with van der Waals surface area (Å²) in [5, 5.41) is 9.77. The highest BCUT2D eigenvalue weighted by Gasteiger charge is 2.36. The quantitative estimate of drug-likeness (QED) is 0.850. The molecule has 1 aromatic rings. The summed E-state index contributed by atoms with van der Waals surface area (Å²) in [7, 11) is 0. The second-order valence-corrected chi connectivity index (χ2v) is 4.90. The Morgan fingerprint density at radius 2 is 1.76 bits per heavy atom. The summed E-state index contributed by atoms with van der Waals surface area (Å²) in [6, 6.07) is 3.48. The molecule has 1 N–H and O–H groups in total. The SMILES string of the molecule is CC(C)C(C)(O)c1ccc(Cl)c(C(F)(F)F)c1. The van der Waals surface area contributed by atoms with Crippen molar-refractivity contribution in [1.29, 1.82) is 0 Å². The Kier molecular flexibility index (Phi) is 3.79. The van der Waals surface area contributed by atoms with Crippen molar-refractivity contribution in [3.05, 3.63) is 34.3 Å². The van der Waals surface area contributed by atoms with E-state index in [-0.39, 0.29) is 16.5 Å². The lowest BCUT2D eigenvalue weighted by molar-refractivity contribution is -0.137. The zero-order valence-corrected chi connectivity index (χ0v) is 10.5. The van der Waals surface area contributed by atoms with E-state index >= 15 is 0 Å². The molecule has 0 amide bonds. The van der Waals surface area contributed by atoms with Crippen molar-refractivity contribution in [2.24, 2.45) is 5.92 Å². The summed E-state index contributed by atoms with van der Waals surface area (Å²) in [5.74, 6) is -0.204. The molecule has 5 heteroatoms. The van der Waals surface area contributed by atoms with E-state index in [4.69, 9.17) is 11.6 Å². The van der Waals surface area contributed by atoms with Crippen molar-refractivity contribution in [1.82, 2.24) is 0 Å². The maximum atomic E-state index is 12.7. The lowest BCUT2D eigenvalue weighted by Gasteiger charge is -2.29. The minimum Gasteiger partial charge on any atom is -0.385 e. The maximum absolute atomic E-state index is 12.7. The third-order valence-corrected chi connectivity index (χ3v) is 3.31. The first-order chi connectivity index (χ1) is 7.56. The molecule has 1 nitrogen and oxygen atoms in total. The molecular weight excluding hydrogens is 253 g/mol. The van der Waals surface area contributed by atoms with E-state index in [1.807, 2.05) is 0 Å². The number of benzene rings is 1. The maximum Gasteiger partial charge on any atom is 0.417 e. The van der Waals surface area contributed by atoms with Crippen molar-refractivity contribution >= 4 is 11.6 Å². The second-order valence-electron chi connectivity index (χ2n) is 4.49. The molecule has 0 saturated carbocycles. The fraction of sp³-hybridized carbons (Fsp3) is 0.500. The van der Waals surface area contributed by atoms with Crippen molar-refractivity contribution < 1.29 is 18.3 Å². The zero-order chi connectivity index (χ0) is 13.4. The molecule has 0 heterocycles. The molecule has 1 rings (SSSR count). The van der Waals surface area contributed by atoms with Crippen molar-refractivity contribution in [3.63, 3.8) is 0 Å². The molecule has 17 heavy (non-hydrogen) atoms. The van der Waals surface area contributed by atoms with Crippen LogP contribution in [0.5, 0.6) is 0 Å². The van der Waals surface area contributed by atoms with Crippen LogP contribution in [0.15, 0.2) is 18.2 Å². The second kappa shape index (κ2) is 4.50. The van der Waals surface area contributed by atoms with E-state index in [9.17, 15) is 18.3 Å². The Morgan fingerprint density at radius 1 is 1.24 bits per heavy atom. The summed E-state index contributed by atoms with van der Waals surface area (Å²) in [6.07, 6.45) is -4.51. The lowest BCUT2D eigenvalue weighted by Crippen LogP contribution is -2.28. The van der Waals surface area contributed by atoms with E-state index < -0.39 is 17.3 Å². The summed E-state index contributed by atoms with van der Waals surface area (Å²) in [4.78, 5) is 0. The smallest absolute Gasteiger partial charge is 0.385 e. The van der Waals surface area contributed by atoms with Gasteiger partial charge in [-0.3, -0.25) is 0 Å².